The second-order valence-corrected chi connectivity index (χ2v) is 5.62. The Bertz CT molecular complexity index is 394. The predicted molar refractivity (Wildman–Crippen MR) is 72.1 cm³/mol. The standard InChI is InChI=1S/C15H22N2/c16-13-7-5-11-6-8-15(10-12(11)9-13)17-14-3-1-2-4-14/h5,7,9,14-15,17H,1-4,6,8,10,16H2. The van der Waals surface area contributed by atoms with E-state index in [0.717, 1.165) is 18.2 Å². The third kappa shape index (κ3) is 2.47. The number of hydrogen-bond acceptors (Lipinski definition) is 2. The molecule has 1 saturated carbocycles. The number of nitrogens with one attached hydrogen (secondary N) is 1. The van der Waals surface area contributed by atoms with Gasteiger partial charge < -0.3 is 11.1 Å². The lowest BCUT2D eigenvalue weighted by Gasteiger charge is -2.28. The first-order valence-corrected chi connectivity index (χ1v) is 6.94. The van der Waals surface area contributed by atoms with Gasteiger partial charge in [-0.2, -0.15) is 0 Å². The number of benzene rings is 1. The van der Waals surface area contributed by atoms with Crippen LogP contribution in [0.2, 0.25) is 0 Å². The monoisotopic (exact) mass is 230 g/mol. The molecule has 0 heterocycles. The number of hydrogen-bond donors (Lipinski definition) is 2. The van der Waals surface area contributed by atoms with Gasteiger partial charge >= 0.3 is 0 Å². The summed E-state index contributed by atoms with van der Waals surface area (Å²) in [7, 11) is 0. The molecule has 1 fully saturated rings. The van der Waals surface area contributed by atoms with Gasteiger partial charge in [-0.3, -0.25) is 0 Å². The first kappa shape index (κ1) is 11.1. The molecule has 1 aromatic rings. The van der Waals surface area contributed by atoms with Crippen LogP contribution in [-0.4, -0.2) is 12.1 Å². The molecule has 3 N–H and O–H groups in total. The number of nitrogens with two attached hydrogens (primary N) is 1. The van der Waals surface area contributed by atoms with E-state index in [1.54, 1.807) is 0 Å². The van der Waals surface area contributed by atoms with Crippen LogP contribution in [0, 0.1) is 0 Å². The Morgan fingerprint density at radius 1 is 1.00 bits per heavy atom. The average molecular weight is 230 g/mol. The molecular formula is C15H22N2. The van der Waals surface area contributed by atoms with Gasteiger partial charge in [-0.15, -0.1) is 0 Å². The van der Waals surface area contributed by atoms with Crippen molar-refractivity contribution in [3.63, 3.8) is 0 Å². The zero-order valence-electron chi connectivity index (χ0n) is 10.4. The van der Waals surface area contributed by atoms with Gasteiger partial charge in [0, 0.05) is 17.8 Å². The van der Waals surface area contributed by atoms with E-state index in [0.29, 0.717) is 6.04 Å². The summed E-state index contributed by atoms with van der Waals surface area (Å²) >= 11 is 0. The quantitative estimate of drug-likeness (QED) is 0.767. The van der Waals surface area contributed by atoms with Crippen molar-refractivity contribution in [1.29, 1.82) is 0 Å². The molecule has 1 atom stereocenters. The Hall–Kier alpha value is -1.02. The van der Waals surface area contributed by atoms with Gasteiger partial charge in [0.2, 0.25) is 0 Å². The molecule has 17 heavy (non-hydrogen) atoms. The highest BCUT2D eigenvalue weighted by atomic mass is 15.0. The van der Waals surface area contributed by atoms with Crippen LogP contribution in [0.25, 0.3) is 0 Å². The fourth-order valence-corrected chi connectivity index (χ4v) is 3.35. The minimum absolute atomic E-state index is 0.674. The van der Waals surface area contributed by atoms with E-state index in [2.05, 4.69) is 17.4 Å². The van der Waals surface area contributed by atoms with Crippen LogP contribution in [0.5, 0.6) is 0 Å². The first-order chi connectivity index (χ1) is 8.31. The molecule has 1 aromatic carbocycles. The molecule has 0 aliphatic heterocycles. The summed E-state index contributed by atoms with van der Waals surface area (Å²) < 4.78 is 0. The van der Waals surface area contributed by atoms with Crippen molar-refractivity contribution < 1.29 is 0 Å². The lowest BCUT2D eigenvalue weighted by molar-refractivity contribution is 0.396. The molecule has 0 amide bonds. The number of nitrogen functional groups attached to an aromatic ring is 1. The maximum Gasteiger partial charge on any atom is 0.0316 e. The largest absolute Gasteiger partial charge is 0.399 e. The summed E-state index contributed by atoms with van der Waals surface area (Å²) in [4.78, 5) is 0. The van der Waals surface area contributed by atoms with Crippen molar-refractivity contribution in [2.75, 3.05) is 5.73 Å². The second-order valence-electron chi connectivity index (χ2n) is 5.62. The van der Waals surface area contributed by atoms with Gasteiger partial charge in [-0.05, 0) is 55.4 Å². The van der Waals surface area contributed by atoms with Crippen molar-refractivity contribution in [3.05, 3.63) is 29.3 Å². The summed E-state index contributed by atoms with van der Waals surface area (Å²) in [6, 6.07) is 7.85. The van der Waals surface area contributed by atoms with Crippen LogP contribution in [0.4, 0.5) is 5.69 Å². The van der Waals surface area contributed by atoms with Crippen molar-refractivity contribution in [2.24, 2.45) is 0 Å². The number of anilines is 1. The normalized spacial score (nSPS) is 24.8. The van der Waals surface area contributed by atoms with Crippen molar-refractivity contribution in [1.82, 2.24) is 5.32 Å². The summed E-state index contributed by atoms with van der Waals surface area (Å²) in [5.74, 6) is 0. The Morgan fingerprint density at radius 2 is 1.82 bits per heavy atom. The minimum Gasteiger partial charge on any atom is -0.399 e. The Kier molecular flexibility index (Phi) is 3.06. The third-order valence-corrected chi connectivity index (χ3v) is 4.29. The summed E-state index contributed by atoms with van der Waals surface area (Å²) in [6.07, 6.45) is 9.23. The van der Waals surface area contributed by atoms with Crippen LogP contribution in [0.15, 0.2) is 18.2 Å². The molecule has 2 aliphatic rings. The van der Waals surface area contributed by atoms with Gasteiger partial charge in [0.15, 0.2) is 0 Å². The van der Waals surface area contributed by atoms with Crippen LogP contribution >= 0.6 is 0 Å². The van der Waals surface area contributed by atoms with Crippen molar-refractivity contribution in [2.45, 2.75) is 57.0 Å². The zero-order valence-corrected chi connectivity index (χ0v) is 10.4. The van der Waals surface area contributed by atoms with Crippen LogP contribution in [0.3, 0.4) is 0 Å². The fourth-order valence-electron chi connectivity index (χ4n) is 3.35. The smallest absolute Gasteiger partial charge is 0.0316 e. The number of rotatable bonds is 2. The molecule has 0 saturated heterocycles. The van der Waals surface area contributed by atoms with E-state index in [1.807, 2.05) is 6.07 Å². The van der Waals surface area contributed by atoms with Crippen LogP contribution < -0.4 is 11.1 Å². The third-order valence-electron chi connectivity index (χ3n) is 4.29. The molecule has 0 aromatic heterocycles. The van der Waals surface area contributed by atoms with Gasteiger partial charge in [-0.25, -0.2) is 0 Å². The fraction of sp³-hybridized carbons (Fsp3) is 0.600. The van der Waals surface area contributed by atoms with Crippen molar-refractivity contribution >= 4 is 5.69 Å². The summed E-state index contributed by atoms with van der Waals surface area (Å²) in [6.45, 7) is 0. The van der Waals surface area contributed by atoms with E-state index in [9.17, 15) is 0 Å². The second kappa shape index (κ2) is 4.69. The molecule has 2 heteroatoms. The summed E-state index contributed by atoms with van der Waals surface area (Å²) in [5.41, 5.74) is 9.75. The maximum atomic E-state index is 5.87. The maximum absolute atomic E-state index is 5.87. The van der Waals surface area contributed by atoms with Gasteiger partial charge in [-0.1, -0.05) is 18.9 Å². The first-order valence-electron chi connectivity index (χ1n) is 6.94. The SMILES string of the molecule is Nc1ccc2c(c1)CC(NC1CCCC1)CC2. The Labute approximate surface area is 104 Å². The Morgan fingerprint density at radius 3 is 2.65 bits per heavy atom. The van der Waals surface area contributed by atoms with Crippen LogP contribution in [-0.2, 0) is 12.8 Å². The lowest BCUT2D eigenvalue weighted by atomic mass is 9.87. The van der Waals surface area contributed by atoms with E-state index in [-0.39, 0.29) is 0 Å². The number of fused-ring (bicyclic) bond motifs is 1. The minimum atomic E-state index is 0.674. The molecule has 3 rings (SSSR count). The van der Waals surface area contributed by atoms with E-state index in [4.69, 9.17) is 5.73 Å². The molecule has 1 unspecified atom stereocenters. The highest BCUT2D eigenvalue weighted by Crippen LogP contribution is 2.25. The van der Waals surface area contributed by atoms with Gasteiger partial charge in [0.1, 0.15) is 0 Å². The highest BCUT2D eigenvalue weighted by molar-refractivity contribution is 5.46. The molecule has 92 valence electrons. The van der Waals surface area contributed by atoms with E-state index in [1.165, 1.54) is 49.7 Å². The predicted octanol–water partition coefficient (Wildman–Crippen LogP) is 2.66. The highest BCUT2D eigenvalue weighted by Gasteiger charge is 2.23. The average Bonchev–Trinajstić information content (AvgIpc) is 2.81. The molecule has 0 bridgehead atoms. The van der Waals surface area contributed by atoms with Crippen molar-refractivity contribution in [3.8, 4) is 0 Å². The molecule has 0 spiro atoms. The van der Waals surface area contributed by atoms with E-state index >= 15 is 0 Å². The van der Waals surface area contributed by atoms with E-state index < -0.39 is 0 Å². The molecular weight excluding hydrogens is 208 g/mol. The summed E-state index contributed by atoms with van der Waals surface area (Å²) in [5, 5.41) is 3.84. The van der Waals surface area contributed by atoms with Gasteiger partial charge in [0.25, 0.3) is 0 Å². The van der Waals surface area contributed by atoms with Gasteiger partial charge in [0.05, 0.1) is 0 Å². The zero-order chi connectivity index (χ0) is 11.7. The molecule has 2 aliphatic carbocycles. The molecule has 0 radical (unpaired) electrons. The van der Waals surface area contributed by atoms with Crippen LogP contribution in [0.1, 0.15) is 43.2 Å². The number of aryl methyl sites for hydroxylation is 1. The lowest BCUT2D eigenvalue weighted by Crippen LogP contribution is -2.40. The topological polar surface area (TPSA) is 38.0 Å². The molecule has 2 nitrogen and oxygen atoms in total. The Balaban J connectivity index is 1.67.